The van der Waals surface area contributed by atoms with Crippen molar-refractivity contribution in [1.82, 2.24) is 9.55 Å². The van der Waals surface area contributed by atoms with E-state index >= 15 is 0 Å². The van der Waals surface area contributed by atoms with Crippen molar-refractivity contribution in [3.05, 3.63) is 16.4 Å². The number of hydrogen-bond acceptors (Lipinski definition) is 5. The van der Waals surface area contributed by atoms with Crippen LogP contribution in [0.15, 0.2) is 6.33 Å². The van der Waals surface area contributed by atoms with Crippen molar-refractivity contribution < 1.29 is 9.66 Å². The quantitative estimate of drug-likeness (QED) is 0.510. The van der Waals surface area contributed by atoms with E-state index in [0.29, 0.717) is 6.61 Å². The summed E-state index contributed by atoms with van der Waals surface area (Å²) < 4.78 is 7.11. The Morgan fingerprint density at radius 2 is 2.11 bits per heavy atom. The predicted molar refractivity (Wildman–Crippen MR) is 70.0 cm³/mol. The molecule has 1 aliphatic carbocycles. The fourth-order valence-electron chi connectivity index (χ4n) is 2.49. The van der Waals surface area contributed by atoms with Crippen molar-refractivity contribution in [2.24, 2.45) is 12.8 Å². The van der Waals surface area contributed by atoms with E-state index in [-0.39, 0.29) is 17.2 Å². The lowest BCUT2D eigenvalue weighted by molar-refractivity contribution is -0.390. The highest BCUT2D eigenvalue weighted by Gasteiger charge is 2.30. The maximum absolute atomic E-state index is 10.8. The summed E-state index contributed by atoms with van der Waals surface area (Å²) in [6, 6.07) is 0. The Kier molecular flexibility index (Phi) is 4.04. The Morgan fingerprint density at radius 3 is 2.68 bits per heavy atom. The topological polar surface area (TPSA) is 96.2 Å². The van der Waals surface area contributed by atoms with Gasteiger partial charge in [-0.15, -0.1) is 0 Å². The average molecular weight is 268 g/mol. The highest BCUT2D eigenvalue weighted by atomic mass is 16.6. The van der Waals surface area contributed by atoms with Gasteiger partial charge in [-0.3, -0.25) is 4.57 Å². The van der Waals surface area contributed by atoms with Crippen LogP contribution in [0.2, 0.25) is 0 Å². The molecule has 1 aromatic rings. The molecule has 0 bridgehead atoms. The fraction of sp³-hybridized carbons (Fsp3) is 0.750. The number of rotatable bonds is 4. The smallest absolute Gasteiger partial charge is 0.426 e. The summed E-state index contributed by atoms with van der Waals surface area (Å²) in [4.78, 5) is 14.0. The van der Waals surface area contributed by atoms with Gasteiger partial charge in [0.15, 0.2) is 0 Å². The Morgan fingerprint density at radius 1 is 1.47 bits per heavy atom. The van der Waals surface area contributed by atoms with E-state index in [1.807, 2.05) is 0 Å². The van der Waals surface area contributed by atoms with Gasteiger partial charge in [0, 0.05) is 7.05 Å². The minimum atomic E-state index is -0.536. The normalized spacial score (nSPS) is 18.8. The molecule has 0 spiro atoms. The zero-order chi connectivity index (χ0) is 13.9. The lowest BCUT2D eigenvalue weighted by atomic mass is 9.93. The summed E-state index contributed by atoms with van der Waals surface area (Å²) in [6.45, 7) is 0.299. The molecule has 106 valence electrons. The molecule has 1 aromatic heterocycles. The molecule has 19 heavy (non-hydrogen) atoms. The molecule has 7 nitrogen and oxygen atoms in total. The molecular weight excluding hydrogens is 248 g/mol. The summed E-state index contributed by atoms with van der Waals surface area (Å²) in [5.74, 6) is -0.0706. The first-order valence-corrected chi connectivity index (χ1v) is 6.59. The van der Waals surface area contributed by atoms with E-state index in [1.54, 1.807) is 7.05 Å². The third-order valence-corrected chi connectivity index (χ3v) is 3.63. The second kappa shape index (κ2) is 5.56. The Bertz CT molecular complexity index is 450. The molecule has 1 heterocycles. The molecule has 0 unspecified atom stereocenters. The zero-order valence-electron chi connectivity index (χ0n) is 11.2. The number of hydrogen-bond donors (Lipinski definition) is 1. The van der Waals surface area contributed by atoms with Gasteiger partial charge in [-0.25, -0.2) is 0 Å². The summed E-state index contributed by atoms with van der Waals surface area (Å²) >= 11 is 0. The maximum Gasteiger partial charge on any atom is 0.426 e. The van der Waals surface area contributed by atoms with E-state index in [4.69, 9.17) is 10.5 Å². The van der Waals surface area contributed by atoms with Gasteiger partial charge in [0.25, 0.3) is 5.88 Å². The van der Waals surface area contributed by atoms with Gasteiger partial charge >= 0.3 is 5.82 Å². The van der Waals surface area contributed by atoms with Crippen molar-refractivity contribution in [2.75, 3.05) is 6.61 Å². The van der Waals surface area contributed by atoms with Crippen LogP contribution in [0.25, 0.3) is 0 Å². The van der Waals surface area contributed by atoms with Gasteiger partial charge in [0.1, 0.15) is 6.61 Å². The van der Waals surface area contributed by atoms with Gasteiger partial charge < -0.3 is 20.6 Å². The van der Waals surface area contributed by atoms with Crippen LogP contribution in [0.3, 0.4) is 0 Å². The number of nitro groups is 1. The van der Waals surface area contributed by atoms with E-state index in [9.17, 15) is 10.1 Å². The number of nitrogens with zero attached hydrogens (tertiary/aromatic N) is 3. The van der Waals surface area contributed by atoms with Crippen LogP contribution in [0.1, 0.15) is 38.5 Å². The van der Waals surface area contributed by atoms with Crippen molar-refractivity contribution in [3.8, 4) is 5.88 Å². The average Bonchev–Trinajstić information content (AvgIpc) is 2.58. The van der Waals surface area contributed by atoms with Crippen LogP contribution in [-0.4, -0.2) is 26.6 Å². The molecule has 0 aromatic carbocycles. The Hall–Kier alpha value is -1.63. The first kappa shape index (κ1) is 13.8. The minimum Gasteiger partial charge on any atom is -0.471 e. The van der Waals surface area contributed by atoms with Crippen molar-refractivity contribution in [3.63, 3.8) is 0 Å². The van der Waals surface area contributed by atoms with Crippen molar-refractivity contribution >= 4 is 5.82 Å². The van der Waals surface area contributed by atoms with E-state index in [0.717, 1.165) is 25.7 Å². The van der Waals surface area contributed by atoms with Crippen molar-refractivity contribution in [2.45, 2.75) is 44.1 Å². The standard InChI is InChI=1S/C12H20N4O3/c1-15-9-14-10(16(17)18)11(15)19-8-12(13)6-4-2-3-5-7-12/h9H,2-8,13H2,1H3. The Labute approximate surface area is 111 Å². The van der Waals surface area contributed by atoms with Gasteiger partial charge in [0.2, 0.25) is 6.33 Å². The van der Waals surface area contributed by atoms with Crippen LogP contribution in [0.4, 0.5) is 5.82 Å². The highest BCUT2D eigenvalue weighted by Crippen LogP contribution is 2.28. The summed E-state index contributed by atoms with van der Waals surface area (Å²) in [5, 5.41) is 10.8. The largest absolute Gasteiger partial charge is 0.471 e. The van der Waals surface area contributed by atoms with E-state index in [2.05, 4.69) is 4.98 Å². The summed E-state index contributed by atoms with van der Waals surface area (Å²) in [6.07, 6.45) is 7.76. The van der Waals surface area contributed by atoms with Crippen LogP contribution in [0.5, 0.6) is 5.88 Å². The zero-order valence-corrected chi connectivity index (χ0v) is 11.2. The maximum atomic E-state index is 10.8. The minimum absolute atomic E-state index is 0.180. The third-order valence-electron chi connectivity index (χ3n) is 3.63. The number of nitrogens with two attached hydrogens (primary N) is 1. The van der Waals surface area contributed by atoms with E-state index in [1.165, 1.54) is 23.7 Å². The molecule has 7 heteroatoms. The summed E-state index contributed by atoms with van der Waals surface area (Å²) in [7, 11) is 1.67. The van der Waals surface area contributed by atoms with Gasteiger partial charge in [0.05, 0.1) is 5.54 Å². The van der Waals surface area contributed by atoms with Crippen LogP contribution in [0, 0.1) is 10.1 Å². The highest BCUT2D eigenvalue weighted by molar-refractivity contribution is 5.33. The molecule has 1 fully saturated rings. The van der Waals surface area contributed by atoms with Gasteiger partial charge in [-0.2, -0.15) is 0 Å². The molecule has 1 saturated carbocycles. The molecule has 2 N–H and O–H groups in total. The SMILES string of the molecule is Cn1cnc([N+](=O)[O-])c1OCC1(N)CCCCCC1. The van der Waals surface area contributed by atoms with Crippen LogP contribution >= 0.6 is 0 Å². The van der Waals surface area contributed by atoms with Gasteiger partial charge in [-0.1, -0.05) is 25.7 Å². The monoisotopic (exact) mass is 268 g/mol. The Balaban J connectivity index is 2.05. The molecule has 0 amide bonds. The van der Waals surface area contributed by atoms with Gasteiger partial charge in [-0.05, 0) is 22.7 Å². The molecule has 0 radical (unpaired) electrons. The second-order valence-corrected chi connectivity index (χ2v) is 5.31. The molecule has 1 aliphatic rings. The van der Waals surface area contributed by atoms with Crippen molar-refractivity contribution in [1.29, 1.82) is 0 Å². The molecule has 2 rings (SSSR count). The number of aromatic nitrogens is 2. The third kappa shape index (κ3) is 3.23. The first-order valence-electron chi connectivity index (χ1n) is 6.59. The van der Waals surface area contributed by atoms with Crippen LogP contribution < -0.4 is 10.5 Å². The number of aryl methyl sites for hydroxylation is 1. The second-order valence-electron chi connectivity index (χ2n) is 5.31. The van der Waals surface area contributed by atoms with E-state index < -0.39 is 4.92 Å². The number of ether oxygens (including phenoxy) is 1. The number of imidazole rings is 1. The predicted octanol–water partition coefficient (Wildman–Crippen LogP) is 1.76. The molecule has 0 aliphatic heterocycles. The fourth-order valence-corrected chi connectivity index (χ4v) is 2.49. The molecular formula is C12H20N4O3. The molecule has 0 atom stereocenters. The lowest BCUT2D eigenvalue weighted by Crippen LogP contribution is -2.45. The molecule has 0 saturated heterocycles. The summed E-state index contributed by atoms with van der Waals surface area (Å²) in [5.41, 5.74) is 5.95. The lowest BCUT2D eigenvalue weighted by Gasteiger charge is -2.27. The van der Waals surface area contributed by atoms with Crippen LogP contribution in [-0.2, 0) is 7.05 Å². The first-order chi connectivity index (χ1) is 9.02.